The summed E-state index contributed by atoms with van der Waals surface area (Å²) in [6.45, 7) is 8.77. The van der Waals surface area contributed by atoms with Gasteiger partial charge in [0.05, 0.1) is 14.2 Å². The molecule has 0 radical (unpaired) electrons. The SMILES string of the molecule is CCc1cccc(-c2cc(C)cc(-c3cc(OC)cc(-c4cc(CC)cc(-c5cc(C)cc(-c6cccc(OC)c6)c5)c4)c3)c2)c1. The van der Waals surface area contributed by atoms with Crippen molar-refractivity contribution in [2.24, 2.45) is 0 Å². The van der Waals surface area contributed by atoms with Crippen molar-refractivity contribution in [3.05, 3.63) is 144 Å². The van der Waals surface area contributed by atoms with Gasteiger partial charge >= 0.3 is 0 Å². The minimum atomic E-state index is 0.850. The van der Waals surface area contributed by atoms with Gasteiger partial charge in [-0.15, -0.1) is 0 Å². The summed E-state index contributed by atoms with van der Waals surface area (Å²) in [6.07, 6.45) is 1.97. The van der Waals surface area contributed by atoms with Crippen LogP contribution >= 0.6 is 0 Å². The summed E-state index contributed by atoms with van der Waals surface area (Å²) in [5, 5.41) is 0. The van der Waals surface area contributed by atoms with Crippen LogP contribution in [-0.4, -0.2) is 14.2 Å². The van der Waals surface area contributed by atoms with Crippen molar-refractivity contribution >= 4 is 0 Å². The first-order chi connectivity index (χ1) is 22.3. The summed E-state index contributed by atoms with van der Waals surface area (Å²) < 4.78 is 11.4. The van der Waals surface area contributed by atoms with Crippen LogP contribution in [0.1, 0.15) is 36.1 Å². The van der Waals surface area contributed by atoms with Crippen molar-refractivity contribution in [3.63, 3.8) is 0 Å². The first-order valence-electron chi connectivity index (χ1n) is 16.2. The van der Waals surface area contributed by atoms with Gasteiger partial charge in [-0.3, -0.25) is 0 Å². The molecule has 0 aliphatic heterocycles. The van der Waals surface area contributed by atoms with E-state index in [-0.39, 0.29) is 0 Å². The van der Waals surface area contributed by atoms with E-state index in [1.54, 1.807) is 14.2 Å². The third-order valence-corrected chi connectivity index (χ3v) is 8.77. The fourth-order valence-corrected chi connectivity index (χ4v) is 6.29. The lowest BCUT2D eigenvalue weighted by Gasteiger charge is -2.15. The van der Waals surface area contributed by atoms with E-state index in [9.17, 15) is 0 Å². The predicted molar refractivity (Wildman–Crippen MR) is 195 cm³/mol. The molecule has 0 fully saturated rings. The van der Waals surface area contributed by atoms with Crippen molar-refractivity contribution in [2.75, 3.05) is 14.2 Å². The number of methoxy groups -OCH3 is 2. The van der Waals surface area contributed by atoms with Crippen LogP contribution in [0.5, 0.6) is 11.5 Å². The Morgan fingerprint density at radius 1 is 0.370 bits per heavy atom. The highest BCUT2D eigenvalue weighted by Crippen LogP contribution is 2.37. The predicted octanol–water partition coefficient (Wildman–Crippen LogP) is 11.8. The van der Waals surface area contributed by atoms with Gasteiger partial charge in [0.15, 0.2) is 0 Å². The fourth-order valence-electron chi connectivity index (χ4n) is 6.29. The van der Waals surface area contributed by atoms with Gasteiger partial charge in [-0.2, -0.15) is 0 Å². The second-order valence-electron chi connectivity index (χ2n) is 12.2. The molecule has 6 aromatic carbocycles. The molecule has 0 atom stereocenters. The van der Waals surface area contributed by atoms with Crippen molar-refractivity contribution in [1.82, 2.24) is 0 Å². The number of rotatable bonds is 9. The smallest absolute Gasteiger partial charge is 0.120 e. The molecule has 46 heavy (non-hydrogen) atoms. The van der Waals surface area contributed by atoms with Gasteiger partial charge in [0.1, 0.15) is 11.5 Å². The molecule has 6 rings (SSSR count). The molecule has 0 heterocycles. The van der Waals surface area contributed by atoms with E-state index in [1.807, 2.05) is 12.1 Å². The van der Waals surface area contributed by atoms with Crippen LogP contribution in [0.4, 0.5) is 0 Å². The van der Waals surface area contributed by atoms with Gasteiger partial charge in [0, 0.05) is 0 Å². The molecule has 0 aliphatic rings. The molecule has 0 saturated carbocycles. The van der Waals surface area contributed by atoms with Gasteiger partial charge in [-0.25, -0.2) is 0 Å². The maximum atomic E-state index is 5.87. The minimum Gasteiger partial charge on any atom is -0.497 e. The summed E-state index contributed by atoms with van der Waals surface area (Å²) in [5.41, 5.74) is 17.0. The van der Waals surface area contributed by atoms with Crippen LogP contribution < -0.4 is 9.47 Å². The lowest BCUT2D eigenvalue weighted by molar-refractivity contribution is 0.415. The van der Waals surface area contributed by atoms with Crippen LogP contribution in [0, 0.1) is 13.8 Å². The Balaban J connectivity index is 1.45. The van der Waals surface area contributed by atoms with Gasteiger partial charge in [-0.05, 0) is 153 Å². The normalized spacial score (nSPS) is 11.0. The van der Waals surface area contributed by atoms with Crippen molar-refractivity contribution in [2.45, 2.75) is 40.5 Å². The van der Waals surface area contributed by atoms with Crippen LogP contribution in [0.3, 0.4) is 0 Å². The van der Waals surface area contributed by atoms with Crippen molar-refractivity contribution in [3.8, 4) is 67.1 Å². The summed E-state index contributed by atoms with van der Waals surface area (Å²) in [4.78, 5) is 0. The average Bonchev–Trinajstić information content (AvgIpc) is 3.10. The molecule has 230 valence electrons. The zero-order valence-electron chi connectivity index (χ0n) is 27.8. The molecule has 0 aromatic heterocycles. The molecule has 0 aliphatic carbocycles. The maximum Gasteiger partial charge on any atom is 0.120 e. The average molecular weight is 603 g/mol. The number of benzene rings is 6. The van der Waals surface area contributed by atoms with E-state index in [0.717, 1.165) is 41.0 Å². The second-order valence-corrected chi connectivity index (χ2v) is 12.2. The molecule has 2 heteroatoms. The topological polar surface area (TPSA) is 18.5 Å². The van der Waals surface area contributed by atoms with Crippen molar-refractivity contribution < 1.29 is 9.47 Å². The molecule has 6 aromatic rings. The summed E-state index contributed by atoms with van der Waals surface area (Å²) >= 11 is 0. The number of hydrogen-bond acceptors (Lipinski definition) is 2. The first kappa shape index (κ1) is 30.9. The maximum absolute atomic E-state index is 5.87. The number of ether oxygens (including phenoxy) is 2. The van der Waals surface area contributed by atoms with Crippen molar-refractivity contribution in [1.29, 1.82) is 0 Å². The summed E-state index contributed by atoms with van der Waals surface area (Å²) in [5.74, 6) is 1.71. The summed E-state index contributed by atoms with van der Waals surface area (Å²) in [6, 6.07) is 44.4. The number of hydrogen-bond donors (Lipinski definition) is 0. The fraction of sp³-hybridized carbons (Fsp3) is 0.182. The zero-order chi connectivity index (χ0) is 32.2. The van der Waals surface area contributed by atoms with E-state index >= 15 is 0 Å². The van der Waals surface area contributed by atoms with Gasteiger partial charge < -0.3 is 9.47 Å². The molecule has 0 amide bonds. The Bertz CT molecular complexity index is 1870. The van der Waals surface area contributed by atoms with Gasteiger partial charge in [0.2, 0.25) is 0 Å². The monoisotopic (exact) mass is 602 g/mol. The molecule has 0 bridgehead atoms. The van der Waals surface area contributed by atoms with E-state index in [0.29, 0.717) is 0 Å². The van der Waals surface area contributed by atoms with Crippen LogP contribution in [0.15, 0.2) is 121 Å². The van der Waals surface area contributed by atoms with E-state index in [1.165, 1.54) is 61.2 Å². The van der Waals surface area contributed by atoms with Gasteiger partial charge in [0.25, 0.3) is 0 Å². The largest absolute Gasteiger partial charge is 0.497 e. The molecule has 0 unspecified atom stereocenters. The third-order valence-electron chi connectivity index (χ3n) is 8.77. The molecule has 0 saturated heterocycles. The highest BCUT2D eigenvalue weighted by molar-refractivity contribution is 5.82. The standard InChI is InChI=1S/C44H42O2/c1-7-31-11-9-12-33(19-31)35-15-29(3)18-38(22-35)41-25-42(28-44(27-41)46-6)40-21-32(8-2)20-39(24-40)37-17-30(4)16-36(23-37)34-13-10-14-43(26-34)45-5/h9-28H,7-8H2,1-6H3. The van der Waals surface area contributed by atoms with Crippen LogP contribution in [-0.2, 0) is 12.8 Å². The van der Waals surface area contributed by atoms with Crippen LogP contribution in [0.25, 0.3) is 55.6 Å². The molecular formula is C44H42O2. The first-order valence-corrected chi connectivity index (χ1v) is 16.2. The van der Waals surface area contributed by atoms with E-state index in [4.69, 9.17) is 9.47 Å². The molecule has 2 nitrogen and oxygen atoms in total. The third kappa shape index (κ3) is 6.77. The van der Waals surface area contributed by atoms with Gasteiger partial charge in [-0.1, -0.05) is 86.6 Å². The Kier molecular flexibility index (Phi) is 9.08. The Labute approximate surface area is 274 Å². The lowest BCUT2D eigenvalue weighted by atomic mass is 9.90. The number of aryl methyl sites for hydroxylation is 4. The molecular weight excluding hydrogens is 560 g/mol. The minimum absolute atomic E-state index is 0.850. The second kappa shape index (κ2) is 13.5. The highest BCUT2D eigenvalue weighted by Gasteiger charge is 2.12. The quantitative estimate of drug-likeness (QED) is 0.164. The zero-order valence-corrected chi connectivity index (χ0v) is 27.8. The van der Waals surface area contributed by atoms with E-state index in [2.05, 4.69) is 137 Å². The van der Waals surface area contributed by atoms with Crippen LogP contribution in [0.2, 0.25) is 0 Å². The van der Waals surface area contributed by atoms with E-state index < -0.39 is 0 Å². The Morgan fingerprint density at radius 2 is 0.739 bits per heavy atom. The lowest BCUT2D eigenvalue weighted by Crippen LogP contribution is -1.92. The highest BCUT2D eigenvalue weighted by atomic mass is 16.5. The summed E-state index contributed by atoms with van der Waals surface area (Å²) in [7, 11) is 3.47. The Hall–Kier alpha value is -5.08. The molecule has 0 spiro atoms. The molecule has 0 N–H and O–H groups in total. The Morgan fingerprint density at radius 3 is 1.22 bits per heavy atom.